The van der Waals surface area contributed by atoms with Gasteiger partial charge in [0.1, 0.15) is 6.54 Å². The lowest BCUT2D eigenvalue weighted by Crippen LogP contribution is -2.30. The number of aromatic nitrogens is 1. The lowest BCUT2D eigenvalue weighted by Gasteiger charge is -2.14. The third kappa shape index (κ3) is 3.46. The van der Waals surface area contributed by atoms with Crippen molar-refractivity contribution in [2.75, 3.05) is 11.9 Å². The van der Waals surface area contributed by atoms with Crippen LogP contribution in [0.15, 0.2) is 54.6 Å². The van der Waals surface area contributed by atoms with Crippen LogP contribution in [0.5, 0.6) is 0 Å². The van der Waals surface area contributed by atoms with Crippen molar-refractivity contribution < 1.29 is 14.4 Å². The van der Waals surface area contributed by atoms with E-state index in [1.807, 2.05) is 41.8 Å². The molecule has 1 aromatic heterocycles. The van der Waals surface area contributed by atoms with Crippen molar-refractivity contribution in [3.63, 3.8) is 0 Å². The molecule has 2 N–H and O–H groups in total. The zero-order chi connectivity index (χ0) is 19.7. The Balaban J connectivity index is 1.47. The van der Waals surface area contributed by atoms with E-state index in [2.05, 4.69) is 16.7 Å². The summed E-state index contributed by atoms with van der Waals surface area (Å²) in [6.45, 7) is 2.39. The van der Waals surface area contributed by atoms with Crippen molar-refractivity contribution in [1.29, 1.82) is 0 Å². The summed E-state index contributed by atoms with van der Waals surface area (Å²) < 4.78 is 1.97. The van der Waals surface area contributed by atoms with E-state index >= 15 is 0 Å². The normalized spacial score (nSPS) is 13.8. The molecule has 2 heterocycles. The summed E-state index contributed by atoms with van der Waals surface area (Å²) >= 11 is 0. The van der Waals surface area contributed by atoms with Crippen molar-refractivity contribution in [2.24, 2.45) is 0 Å². The monoisotopic (exact) mass is 376 g/mol. The van der Waals surface area contributed by atoms with Gasteiger partial charge in [-0.05, 0) is 42.1 Å². The molecule has 2 aromatic carbocycles. The number of para-hydroxylation sites is 1. The molecule has 0 atom stereocenters. The molecule has 1 aliphatic heterocycles. The zero-order valence-electron chi connectivity index (χ0n) is 15.4. The standard InChI is InChI=1S/C21H20N4O3/c1-14-9-16-6-2-3-8-18(16)24(14)13-19(26)23-17-7-4-5-15(10-17)12-25-20(27)11-22-21(25)28/h2-10H,11-13H2,1H3,(H,22,28)(H,23,26). The first-order valence-corrected chi connectivity index (χ1v) is 9.03. The van der Waals surface area contributed by atoms with Crippen LogP contribution >= 0.6 is 0 Å². The number of aryl methyl sites for hydroxylation is 1. The summed E-state index contributed by atoms with van der Waals surface area (Å²) in [5, 5.41) is 6.49. The Morgan fingerprint density at radius 3 is 2.71 bits per heavy atom. The number of urea groups is 1. The molecule has 1 saturated heterocycles. The number of hydrogen-bond acceptors (Lipinski definition) is 3. The summed E-state index contributed by atoms with van der Waals surface area (Å²) in [5.74, 6) is -0.397. The Morgan fingerprint density at radius 2 is 1.93 bits per heavy atom. The molecule has 7 nitrogen and oxygen atoms in total. The van der Waals surface area contributed by atoms with Gasteiger partial charge in [-0.15, -0.1) is 0 Å². The predicted molar refractivity (Wildman–Crippen MR) is 106 cm³/mol. The minimum atomic E-state index is -0.394. The molecule has 0 radical (unpaired) electrons. The Morgan fingerprint density at radius 1 is 1.11 bits per heavy atom. The van der Waals surface area contributed by atoms with Gasteiger partial charge in [-0.2, -0.15) is 0 Å². The Kier molecular flexibility index (Phi) is 4.57. The van der Waals surface area contributed by atoms with Gasteiger partial charge >= 0.3 is 6.03 Å². The van der Waals surface area contributed by atoms with Crippen LogP contribution in [0.4, 0.5) is 10.5 Å². The zero-order valence-corrected chi connectivity index (χ0v) is 15.4. The van der Waals surface area contributed by atoms with Gasteiger partial charge in [0.2, 0.25) is 11.8 Å². The van der Waals surface area contributed by atoms with E-state index in [9.17, 15) is 14.4 Å². The second kappa shape index (κ2) is 7.19. The Labute approximate surface area is 161 Å². The largest absolute Gasteiger partial charge is 0.335 e. The average Bonchev–Trinajstić information content (AvgIpc) is 3.16. The van der Waals surface area contributed by atoms with E-state index in [0.717, 1.165) is 27.1 Å². The SMILES string of the molecule is Cc1cc2ccccc2n1CC(=O)Nc1cccc(CN2C(=O)CNC2=O)c1. The van der Waals surface area contributed by atoms with Gasteiger partial charge in [-0.25, -0.2) is 4.79 Å². The highest BCUT2D eigenvalue weighted by Crippen LogP contribution is 2.20. The van der Waals surface area contributed by atoms with Gasteiger partial charge in [-0.1, -0.05) is 30.3 Å². The maximum atomic E-state index is 12.6. The van der Waals surface area contributed by atoms with Crippen LogP contribution in [0.3, 0.4) is 0 Å². The van der Waals surface area contributed by atoms with E-state index in [-0.39, 0.29) is 31.4 Å². The second-order valence-corrected chi connectivity index (χ2v) is 6.82. The van der Waals surface area contributed by atoms with Gasteiger partial charge in [0.15, 0.2) is 0 Å². The molecule has 1 aliphatic rings. The molecule has 28 heavy (non-hydrogen) atoms. The minimum Gasteiger partial charge on any atom is -0.335 e. The summed E-state index contributed by atoms with van der Waals surface area (Å²) in [6, 6.07) is 16.8. The number of anilines is 1. The summed E-state index contributed by atoms with van der Waals surface area (Å²) in [4.78, 5) is 37.2. The first-order chi connectivity index (χ1) is 13.5. The third-order valence-electron chi connectivity index (χ3n) is 4.81. The fourth-order valence-electron chi connectivity index (χ4n) is 3.45. The number of imide groups is 1. The van der Waals surface area contributed by atoms with E-state index in [0.29, 0.717) is 5.69 Å². The summed E-state index contributed by atoms with van der Waals surface area (Å²) in [6.07, 6.45) is 0. The van der Waals surface area contributed by atoms with Crippen LogP contribution in [0.2, 0.25) is 0 Å². The number of fused-ring (bicyclic) bond motifs is 1. The number of hydrogen-bond donors (Lipinski definition) is 2. The molecule has 0 unspecified atom stereocenters. The van der Waals surface area contributed by atoms with Crippen molar-refractivity contribution in [2.45, 2.75) is 20.0 Å². The van der Waals surface area contributed by atoms with Crippen molar-refractivity contribution in [3.05, 3.63) is 65.9 Å². The third-order valence-corrected chi connectivity index (χ3v) is 4.81. The first-order valence-electron chi connectivity index (χ1n) is 9.03. The van der Waals surface area contributed by atoms with E-state index < -0.39 is 6.03 Å². The molecular weight excluding hydrogens is 356 g/mol. The Hall–Kier alpha value is -3.61. The van der Waals surface area contributed by atoms with E-state index in [4.69, 9.17) is 0 Å². The number of nitrogens with zero attached hydrogens (tertiary/aromatic N) is 2. The summed E-state index contributed by atoms with van der Waals surface area (Å²) in [5.41, 5.74) is 3.43. The molecule has 142 valence electrons. The molecule has 4 amide bonds. The number of carbonyl (C=O) groups is 3. The molecule has 0 saturated carbocycles. The first kappa shape index (κ1) is 17.8. The lowest BCUT2D eigenvalue weighted by molar-refractivity contribution is -0.125. The highest BCUT2D eigenvalue weighted by molar-refractivity contribution is 6.01. The molecule has 1 fully saturated rings. The van der Waals surface area contributed by atoms with Crippen LogP contribution in [-0.2, 0) is 22.7 Å². The van der Waals surface area contributed by atoms with Crippen LogP contribution in [0, 0.1) is 6.92 Å². The van der Waals surface area contributed by atoms with Crippen molar-refractivity contribution >= 4 is 34.4 Å². The molecular formula is C21H20N4O3. The van der Waals surface area contributed by atoms with Gasteiger partial charge < -0.3 is 15.2 Å². The van der Waals surface area contributed by atoms with Gasteiger partial charge in [0.05, 0.1) is 13.1 Å². The topological polar surface area (TPSA) is 83.4 Å². The highest BCUT2D eigenvalue weighted by atomic mass is 16.2. The summed E-state index contributed by atoms with van der Waals surface area (Å²) in [7, 11) is 0. The Bertz CT molecular complexity index is 1070. The molecule has 3 aromatic rings. The highest BCUT2D eigenvalue weighted by Gasteiger charge is 2.28. The smallest absolute Gasteiger partial charge is 0.324 e. The minimum absolute atomic E-state index is 0.0272. The fraction of sp³-hybridized carbons (Fsp3) is 0.190. The van der Waals surface area contributed by atoms with Crippen molar-refractivity contribution in [1.82, 2.24) is 14.8 Å². The van der Waals surface area contributed by atoms with Crippen LogP contribution in [-0.4, -0.2) is 33.9 Å². The van der Waals surface area contributed by atoms with Crippen LogP contribution in [0.1, 0.15) is 11.3 Å². The second-order valence-electron chi connectivity index (χ2n) is 6.82. The van der Waals surface area contributed by atoms with E-state index in [1.54, 1.807) is 18.2 Å². The maximum Gasteiger partial charge on any atom is 0.324 e. The molecule has 4 rings (SSSR count). The maximum absolute atomic E-state index is 12.6. The quantitative estimate of drug-likeness (QED) is 0.672. The fourth-order valence-corrected chi connectivity index (χ4v) is 3.45. The molecule has 0 bridgehead atoms. The van der Waals surface area contributed by atoms with Gasteiger partial charge in [-0.3, -0.25) is 14.5 Å². The average molecular weight is 376 g/mol. The van der Waals surface area contributed by atoms with E-state index in [1.165, 1.54) is 0 Å². The molecule has 0 spiro atoms. The number of benzene rings is 2. The van der Waals surface area contributed by atoms with Gasteiger partial charge in [0.25, 0.3) is 0 Å². The number of carbonyl (C=O) groups excluding carboxylic acids is 3. The molecule has 0 aliphatic carbocycles. The molecule has 7 heteroatoms. The number of amides is 4. The number of rotatable bonds is 5. The van der Waals surface area contributed by atoms with Crippen molar-refractivity contribution in [3.8, 4) is 0 Å². The predicted octanol–water partition coefficient (Wildman–Crippen LogP) is 2.64. The van der Waals surface area contributed by atoms with Gasteiger partial charge in [0, 0.05) is 16.9 Å². The number of nitrogens with one attached hydrogen (secondary N) is 2. The van der Waals surface area contributed by atoms with Crippen LogP contribution < -0.4 is 10.6 Å². The van der Waals surface area contributed by atoms with Crippen LogP contribution in [0.25, 0.3) is 10.9 Å². The lowest BCUT2D eigenvalue weighted by atomic mass is 10.2.